The third kappa shape index (κ3) is 25.5. The highest BCUT2D eigenvalue weighted by Crippen LogP contribution is 2.15. The third-order valence-corrected chi connectivity index (χ3v) is 6.13. The van der Waals surface area contributed by atoms with Crippen LogP contribution in [0.3, 0.4) is 0 Å². The Bertz CT molecular complexity index is 761. The quantitative estimate of drug-likeness (QED) is 0.0899. The van der Waals surface area contributed by atoms with Crippen LogP contribution in [0.1, 0.15) is 78.1 Å². The van der Waals surface area contributed by atoms with Crippen LogP contribution >= 0.6 is 0 Å². The molecule has 0 aliphatic carbocycles. The van der Waals surface area contributed by atoms with E-state index in [1.807, 2.05) is 0 Å². The molecule has 0 fully saturated rings. The average molecular weight is 598 g/mol. The Morgan fingerprint density at radius 2 is 1.00 bits per heavy atom. The number of ether oxygens (including phenoxy) is 7. The van der Waals surface area contributed by atoms with Gasteiger partial charge in [0.25, 0.3) is 0 Å². The molecule has 0 atom stereocenters. The molecular formula is C32H55NO9. The van der Waals surface area contributed by atoms with Gasteiger partial charge in [-0.2, -0.15) is 0 Å². The number of esters is 1. The highest BCUT2D eigenvalue weighted by molar-refractivity contribution is 5.88. The molecule has 0 bridgehead atoms. The van der Waals surface area contributed by atoms with Crippen LogP contribution in [0.5, 0.6) is 5.75 Å². The summed E-state index contributed by atoms with van der Waals surface area (Å²) in [4.78, 5) is 22.8. The molecule has 1 aromatic rings. The molecule has 242 valence electrons. The van der Waals surface area contributed by atoms with Crippen molar-refractivity contribution in [2.45, 2.75) is 78.1 Å². The summed E-state index contributed by atoms with van der Waals surface area (Å²) < 4.78 is 38.1. The number of anilines is 1. The minimum Gasteiger partial charge on any atom is -0.491 e. The van der Waals surface area contributed by atoms with E-state index in [1.54, 1.807) is 24.3 Å². The number of hydrogen-bond donors (Lipinski definition) is 1. The zero-order valence-electron chi connectivity index (χ0n) is 26.0. The van der Waals surface area contributed by atoms with Crippen molar-refractivity contribution >= 4 is 17.6 Å². The van der Waals surface area contributed by atoms with Crippen molar-refractivity contribution in [1.29, 1.82) is 0 Å². The van der Waals surface area contributed by atoms with Gasteiger partial charge in [-0.1, -0.05) is 58.3 Å². The first-order valence-corrected chi connectivity index (χ1v) is 15.7. The van der Waals surface area contributed by atoms with Gasteiger partial charge in [-0.25, -0.2) is 0 Å². The van der Waals surface area contributed by atoms with Gasteiger partial charge in [0, 0.05) is 19.0 Å². The number of unbranched alkanes of at least 4 members (excludes halogenated alkanes) is 8. The second-order valence-electron chi connectivity index (χ2n) is 9.91. The highest BCUT2D eigenvalue weighted by atomic mass is 16.6. The van der Waals surface area contributed by atoms with Gasteiger partial charge in [0.2, 0.25) is 5.91 Å². The normalized spacial score (nSPS) is 11.0. The van der Waals surface area contributed by atoms with Crippen molar-refractivity contribution in [3.63, 3.8) is 0 Å². The second kappa shape index (κ2) is 28.9. The lowest BCUT2D eigenvalue weighted by Gasteiger charge is -2.09. The fourth-order valence-electron chi connectivity index (χ4n) is 3.90. The fraction of sp³-hybridized carbons (Fsp3) is 0.750. The standard InChI is InChI=1S/C32H55NO9/c1-3-4-5-6-7-8-9-10-11-12-32(35)42-28-26-40-24-22-38-20-18-36-17-19-37-21-23-39-25-27-41-31-15-13-30(14-16-31)33-29(2)34/h13-16H,3-12,17-28H2,1-2H3,(H,33,34). The maximum Gasteiger partial charge on any atom is 0.305 e. The van der Waals surface area contributed by atoms with Crippen LogP contribution in [-0.2, 0) is 38.0 Å². The molecule has 0 radical (unpaired) electrons. The van der Waals surface area contributed by atoms with Gasteiger partial charge in [-0.3, -0.25) is 9.59 Å². The first-order chi connectivity index (χ1) is 20.6. The molecule has 0 saturated carbocycles. The zero-order valence-corrected chi connectivity index (χ0v) is 26.0. The van der Waals surface area contributed by atoms with Gasteiger partial charge in [0.05, 0.1) is 66.1 Å². The summed E-state index contributed by atoms with van der Waals surface area (Å²) in [5, 5.41) is 2.71. The Labute approximate surface area is 253 Å². The summed E-state index contributed by atoms with van der Waals surface area (Å²) in [7, 11) is 0. The van der Waals surface area contributed by atoms with Crippen LogP contribution in [0.15, 0.2) is 24.3 Å². The van der Waals surface area contributed by atoms with Gasteiger partial charge in [-0.05, 0) is 30.7 Å². The van der Waals surface area contributed by atoms with Crippen molar-refractivity contribution in [3.05, 3.63) is 24.3 Å². The molecule has 0 aromatic heterocycles. The molecule has 10 nitrogen and oxygen atoms in total. The lowest BCUT2D eigenvalue weighted by molar-refractivity contribution is -0.145. The molecular weight excluding hydrogens is 542 g/mol. The Balaban J connectivity index is 1.73. The molecule has 10 heteroatoms. The molecule has 0 aliphatic heterocycles. The summed E-state index contributed by atoms with van der Waals surface area (Å²) in [6.07, 6.45) is 11.6. The van der Waals surface area contributed by atoms with Crippen molar-refractivity contribution in [2.75, 3.05) is 84.6 Å². The van der Waals surface area contributed by atoms with Crippen molar-refractivity contribution < 1.29 is 42.7 Å². The maximum absolute atomic E-state index is 11.8. The van der Waals surface area contributed by atoms with E-state index in [0.29, 0.717) is 79.1 Å². The number of hydrogen-bond acceptors (Lipinski definition) is 9. The molecule has 0 unspecified atom stereocenters. The van der Waals surface area contributed by atoms with E-state index >= 15 is 0 Å². The number of amides is 1. The number of nitrogens with one attached hydrogen (secondary N) is 1. The Kier molecular flexibility index (Phi) is 26.0. The minimum atomic E-state index is -0.138. The summed E-state index contributed by atoms with van der Waals surface area (Å²) in [6, 6.07) is 7.18. The summed E-state index contributed by atoms with van der Waals surface area (Å²) in [5.41, 5.74) is 0.733. The van der Waals surface area contributed by atoms with E-state index in [4.69, 9.17) is 33.2 Å². The van der Waals surface area contributed by atoms with Gasteiger partial charge in [-0.15, -0.1) is 0 Å². The van der Waals surface area contributed by atoms with E-state index < -0.39 is 0 Å². The van der Waals surface area contributed by atoms with Crippen LogP contribution in [-0.4, -0.2) is 91.2 Å². The van der Waals surface area contributed by atoms with Gasteiger partial charge in [0.1, 0.15) is 19.0 Å². The van der Waals surface area contributed by atoms with E-state index in [0.717, 1.165) is 24.3 Å². The topological polar surface area (TPSA) is 111 Å². The fourth-order valence-corrected chi connectivity index (χ4v) is 3.90. The van der Waals surface area contributed by atoms with Crippen molar-refractivity contribution in [2.24, 2.45) is 0 Å². The molecule has 0 saturated heterocycles. The first kappa shape index (κ1) is 37.8. The number of benzene rings is 1. The van der Waals surface area contributed by atoms with Crippen LogP contribution < -0.4 is 10.1 Å². The van der Waals surface area contributed by atoms with Crippen LogP contribution in [0.25, 0.3) is 0 Å². The predicted octanol–water partition coefficient (Wildman–Crippen LogP) is 5.57. The number of carbonyl (C=O) groups excluding carboxylic acids is 2. The summed E-state index contributed by atoms with van der Waals surface area (Å²) in [6.45, 7) is 9.09. The Morgan fingerprint density at radius 3 is 1.48 bits per heavy atom. The minimum absolute atomic E-state index is 0.107. The third-order valence-electron chi connectivity index (χ3n) is 6.13. The van der Waals surface area contributed by atoms with Crippen LogP contribution in [0.2, 0.25) is 0 Å². The number of carbonyl (C=O) groups is 2. The second-order valence-corrected chi connectivity index (χ2v) is 9.91. The lowest BCUT2D eigenvalue weighted by atomic mass is 10.1. The van der Waals surface area contributed by atoms with E-state index in [9.17, 15) is 9.59 Å². The van der Waals surface area contributed by atoms with Crippen LogP contribution in [0, 0.1) is 0 Å². The van der Waals surface area contributed by atoms with E-state index in [2.05, 4.69) is 12.2 Å². The Hall–Kier alpha value is -2.24. The number of rotatable bonds is 30. The summed E-state index contributed by atoms with van der Waals surface area (Å²) >= 11 is 0. The molecule has 0 heterocycles. The molecule has 1 amide bonds. The molecule has 1 N–H and O–H groups in total. The van der Waals surface area contributed by atoms with E-state index in [1.165, 1.54) is 51.9 Å². The Morgan fingerprint density at radius 1 is 0.571 bits per heavy atom. The average Bonchev–Trinajstić information content (AvgIpc) is 2.98. The molecule has 0 aliphatic rings. The summed E-state index contributed by atoms with van der Waals surface area (Å²) in [5.74, 6) is 0.472. The lowest BCUT2D eigenvalue weighted by Crippen LogP contribution is -2.15. The van der Waals surface area contributed by atoms with Crippen molar-refractivity contribution in [1.82, 2.24) is 0 Å². The van der Waals surface area contributed by atoms with Crippen LogP contribution in [0.4, 0.5) is 5.69 Å². The van der Waals surface area contributed by atoms with E-state index in [-0.39, 0.29) is 18.5 Å². The van der Waals surface area contributed by atoms with Gasteiger partial charge >= 0.3 is 5.97 Å². The largest absolute Gasteiger partial charge is 0.491 e. The highest BCUT2D eigenvalue weighted by Gasteiger charge is 2.03. The monoisotopic (exact) mass is 597 g/mol. The first-order valence-electron chi connectivity index (χ1n) is 15.7. The smallest absolute Gasteiger partial charge is 0.305 e. The van der Waals surface area contributed by atoms with Gasteiger partial charge in [0.15, 0.2) is 0 Å². The molecule has 0 spiro atoms. The molecule has 42 heavy (non-hydrogen) atoms. The van der Waals surface area contributed by atoms with Crippen molar-refractivity contribution in [3.8, 4) is 5.75 Å². The zero-order chi connectivity index (χ0) is 30.4. The molecule has 1 aromatic carbocycles. The molecule has 1 rings (SSSR count). The van der Waals surface area contributed by atoms with Gasteiger partial charge < -0.3 is 38.5 Å². The SMILES string of the molecule is CCCCCCCCCCCC(=O)OCCOCCOCCOCCOCCOCCOc1ccc(NC(C)=O)cc1. The maximum atomic E-state index is 11.8. The predicted molar refractivity (Wildman–Crippen MR) is 163 cm³/mol.